The van der Waals surface area contributed by atoms with Crippen LogP contribution in [-0.4, -0.2) is 53.0 Å². The van der Waals surface area contributed by atoms with Crippen LogP contribution in [0.25, 0.3) is 10.9 Å². The summed E-state index contributed by atoms with van der Waals surface area (Å²) < 4.78 is 7.43. The number of rotatable bonds is 13. The molecule has 7 heteroatoms. The molecule has 3 rings (SSSR count). The Labute approximate surface area is 208 Å². The Kier molecular flexibility index (Phi) is 9.89. The highest BCUT2D eigenvalue weighted by Gasteiger charge is 2.36. The van der Waals surface area contributed by atoms with Gasteiger partial charge in [0.15, 0.2) is 5.78 Å². The summed E-state index contributed by atoms with van der Waals surface area (Å²) in [5.74, 6) is 2.97. The zero-order valence-corrected chi connectivity index (χ0v) is 22.1. The highest BCUT2D eigenvalue weighted by atomic mass is 32.2. The molecular weight excluding hydrogens is 446 g/mol. The summed E-state index contributed by atoms with van der Waals surface area (Å²) in [4.78, 5) is 26.2. The first-order valence-electron chi connectivity index (χ1n) is 12.7. The van der Waals surface area contributed by atoms with Crippen LogP contribution in [0.3, 0.4) is 0 Å². The highest BCUT2D eigenvalue weighted by Crippen LogP contribution is 2.27. The Bertz CT molecular complexity index is 967. The van der Waals surface area contributed by atoms with E-state index >= 15 is 0 Å². The summed E-state index contributed by atoms with van der Waals surface area (Å²) >= 11 is 1.95. The van der Waals surface area contributed by atoms with Gasteiger partial charge in [-0.1, -0.05) is 26.2 Å². The minimum atomic E-state index is -0.841. The van der Waals surface area contributed by atoms with Crippen molar-refractivity contribution in [3.63, 3.8) is 0 Å². The highest BCUT2D eigenvalue weighted by molar-refractivity contribution is 7.99. The number of methoxy groups -OCH3 is 1. The Morgan fingerprint density at radius 3 is 2.62 bits per heavy atom. The number of ether oxygens (including phenoxy) is 1. The van der Waals surface area contributed by atoms with Gasteiger partial charge in [-0.2, -0.15) is 11.8 Å². The molecule has 0 spiro atoms. The monoisotopic (exact) mass is 487 g/mol. The molecule has 0 saturated heterocycles. The van der Waals surface area contributed by atoms with Gasteiger partial charge in [-0.15, -0.1) is 0 Å². The second kappa shape index (κ2) is 12.6. The van der Waals surface area contributed by atoms with Gasteiger partial charge in [-0.25, -0.2) is 0 Å². The maximum Gasteiger partial charge on any atom is 0.242 e. The third-order valence-corrected chi connectivity index (χ3v) is 7.99. The molecule has 1 saturated carbocycles. The number of fused-ring (bicyclic) bond motifs is 1. The van der Waals surface area contributed by atoms with E-state index in [1.54, 1.807) is 14.0 Å². The standard InChI is InChI=1S/C27H41N3O3S/c1-5-15-34-16-9-14-28-27(3,26(32)29-22-10-7-6-8-11-22)19-30-24(20(2)31)17-21-12-13-23(33-4)18-25(21)30/h12-13,17-18,22,28H,5-11,14-16,19H2,1-4H3,(H,29,32). The van der Waals surface area contributed by atoms with Crippen molar-refractivity contribution in [2.75, 3.05) is 25.2 Å². The minimum Gasteiger partial charge on any atom is -0.497 e. The van der Waals surface area contributed by atoms with E-state index in [0.29, 0.717) is 12.2 Å². The summed E-state index contributed by atoms with van der Waals surface area (Å²) in [5, 5.41) is 7.86. The topological polar surface area (TPSA) is 72.4 Å². The van der Waals surface area contributed by atoms with Gasteiger partial charge in [0.1, 0.15) is 11.3 Å². The lowest BCUT2D eigenvalue weighted by Gasteiger charge is -2.34. The molecule has 1 atom stereocenters. The molecule has 1 amide bonds. The summed E-state index contributed by atoms with van der Waals surface area (Å²) in [6.45, 7) is 6.88. The lowest BCUT2D eigenvalue weighted by molar-refractivity contribution is -0.128. The number of nitrogens with one attached hydrogen (secondary N) is 2. The van der Waals surface area contributed by atoms with E-state index in [2.05, 4.69) is 17.6 Å². The van der Waals surface area contributed by atoms with Crippen molar-refractivity contribution in [3.8, 4) is 5.75 Å². The predicted molar refractivity (Wildman–Crippen MR) is 142 cm³/mol. The second-order valence-electron chi connectivity index (χ2n) is 9.63. The van der Waals surface area contributed by atoms with Crippen molar-refractivity contribution in [1.82, 2.24) is 15.2 Å². The quantitative estimate of drug-likeness (QED) is 0.301. The summed E-state index contributed by atoms with van der Waals surface area (Å²) in [5.41, 5.74) is 0.674. The maximum atomic E-state index is 13.7. The fraction of sp³-hybridized carbons (Fsp3) is 0.630. The fourth-order valence-corrected chi connectivity index (χ4v) is 5.57. The number of aromatic nitrogens is 1. The van der Waals surface area contributed by atoms with Gasteiger partial charge in [-0.05, 0) is 68.9 Å². The molecule has 0 aliphatic heterocycles. The summed E-state index contributed by atoms with van der Waals surface area (Å²) in [6, 6.07) is 7.96. The Balaban J connectivity index is 1.87. The zero-order valence-electron chi connectivity index (χ0n) is 21.2. The van der Waals surface area contributed by atoms with Gasteiger partial charge in [0.25, 0.3) is 0 Å². The lowest BCUT2D eigenvalue weighted by atomic mass is 9.93. The SMILES string of the molecule is CCCSCCCNC(C)(Cn1c(C(C)=O)cc2ccc(OC)cc21)C(=O)NC1CCCCC1. The van der Waals surface area contributed by atoms with Crippen LogP contribution in [0.15, 0.2) is 24.3 Å². The van der Waals surface area contributed by atoms with Crippen LogP contribution in [0.1, 0.15) is 76.2 Å². The van der Waals surface area contributed by atoms with Crippen molar-refractivity contribution in [2.24, 2.45) is 0 Å². The fourth-order valence-electron chi connectivity index (χ4n) is 4.72. The van der Waals surface area contributed by atoms with Gasteiger partial charge in [0, 0.05) is 24.4 Å². The van der Waals surface area contributed by atoms with Crippen LogP contribution < -0.4 is 15.4 Å². The number of nitrogens with zero attached hydrogens (tertiary/aromatic N) is 1. The number of hydrogen-bond acceptors (Lipinski definition) is 5. The Morgan fingerprint density at radius 1 is 1.18 bits per heavy atom. The molecular formula is C27H41N3O3S. The molecule has 1 heterocycles. The molecule has 1 aromatic heterocycles. The van der Waals surface area contributed by atoms with Crippen LogP contribution in [0.2, 0.25) is 0 Å². The number of Topliss-reactive ketones (excluding diaryl/α,β-unsaturated/α-hetero) is 1. The average molecular weight is 488 g/mol. The summed E-state index contributed by atoms with van der Waals surface area (Å²) in [6.07, 6.45) is 7.83. The lowest BCUT2D eigenvalue weighted by Crippen LogP contribution is -2.59. The van der Waals surface area contributed by atoms with Crippen molar-refractivity contribution in [2.45, 2.75) is 83.8 Å². The van der Waals surface area contributed by atoms with Crippen LogP contribution in [-0.2, 0) is 11.3 Å². The van der Waals surface area contributed by atoms with E-state index < -0.39 is 5.54 Å². The van der Waals surface area contributed by atoms with Crippen molar-refractivity contribution >= 4 is 34.4 Å². The number of hydrogen-bond donors (Lipinski definition) is 2. The number of benzene rings is 1. The van der Waals surface area contributed by atoms with E-state index in [9.17, 15) is 9.59 Å². The van der Waals surface area contributed by atoms with E-state index in [-0.39, 0.29) is 17.7 Å². The summed E-state index contributed by atoms with van der Waals surface area (Å²) in [7, 11) is 1.64. The van der Waals surface area contributed by atoms with Crippen molar-refractivity contribution in [1.29, 1.82) is 0 Å². The molecule has 1 aliphatic carbocycles. The molecule has 0 radical (unpaired) electrons. The largest absolute Gasteiger partial charge is 0.497 e. The van der Waals surface area contributed by atoms with E-state index in [1.807, 2.05) is 47.5 Å². The van der Waals surface area contributed by atoms with E-state index in [0.717, 1.165) is 48.2 Å². The first-order valence-corrected chi connectivity index (χ1v) is 13.9. The van der Waals surface area contributed by atoms with Crippen LogP contribution in [0.4, 0.5) is 0 Å². The third kappa shape index (κ3) is 6.79. The smallest absolute Gasteiger partial charge is 0.242 e. The van der Waals surface area contributed by atoms with E-state index in [4.69, 9.17) is 4.74 Å². The normalized spacial score (nSPS) is 16.4. The van der Waals surface area contributed by atoms with Crippen molar-refractivity contribution < 1.29 is 14.3 Å². The second-order valence-corrected chi connectivity index (χ2v) is 10.9. The minimum absolute atomic E-state index is 0.0128. The number of thioether (sulfide) groups is 1. The van der Waals surface area contributed by atoms with Gasteiger partial charge in [0.05, 0.1) is 24.9 Å². The number of carbonyl (C=O) groups is 2. The molecule has 1 unspecified atom stereocenters. The van der Waals surface area contributed by atoms with Crippen LogP contribution in [0.5, 0.6) is 5.75 Å². The molecule has 2 aromatic rings. The number of amides is 1. The molecule has 1 aromatic carbocycles. The third-order valence-electron chi connectivity index (χ3n) is 6.72. The molecule has 0 bridgehead atoms. The molecule has 1 aliphatic rings. The Morgan fingerprint density at radius 2 is 1.94 bits per heavy atom. The number of ketones is 1. The first-order chi connectivity index (χ1) is 16.4. The predicted octanol–water partition coefficient (Wildman–Crippen LogP) is 5.18. The van der Waals surface area contributed by atoms with Crippen LogP contribution >= 0.6 is 11.8 Å². The van der Waals surface area contributed by atoms with Crippen molar-refractivity contribution in [3.05, 3.63) is 30.0 Å². The Hall–Kier alpha value is -1.99. The first kappa shape index (κ1) is 26.6. The van der Waals surface area contributed by atoms with Gasteiger partial charge in [-0.3, -0.25) is 9.59 Å². The van der Waals surface area contributed by atoms with E-state index in [1.165, 1.54) is 31.4 Å². The molecule has 34 heavy (non-hydrogen) atoms. The average Bonchev–Trinajstić information content (AvgIpc) is 3.19. The molecule has 188 valence electrons. The van der Waals surface area contributed by atoms with Crippen LogP contribution in [0, 0.1) is 0 Å². The number of carbonyl (C=O) groups excluding carboxylic acids is 2. The molecule has 1 fully saturated rings. The molecule has 2 N–H and O–H groups in total. The maximum absolute atomic E-state index is 13.7. The van der Waals surface area contributed by atoms with Gasteiger partial charge in [0.2, 0.25) is 5.91 Å². The zero-order chi connectivity index (χ0) is 24.6. The molecule has 6 nitrogen and oxygen atoms in total. The van der Waals surface area contributed by atoms with Gasteiger partial charge < -0.3 is 19.9 Å². The van der Waals surface area contributed by atoms with Gasteiger partial charge >= 0.3 is 0 Å².